The minimum Gasteiger partial charge on any atom is -0.496 e. The number of rotatable bonds is 4. The first-order valence-electron chi connectivity index (χ1n) is 8.11. The first-order valence-corrected chi connectivity index (χ1v) is 8.11. The third-order valence-electron chi connectivity index (χ3n) is 4.27. The fourth-order valence-corrected chi connectivity index (χ4v) is 2.74. The maximum Gasteiger partial charge on any atom is 0.416 e. The molecule has 0 aliphatic rings. The molecular formula is C19H18F3N3O2. The van der Waals surface area contributed by atoms with Crippen molar-refractivity contribution in [2.24, 2.45) is 0 Å². The van der Waals surface area contributed by atoms with Crippen molar-refractivity contribution in [2.75, 3.05) is 21.2 Å². The number of methoxy groups -OCH3 is 1. The second-order valence-electron chi connectivity index (χ2n) is 6.28. The molecule has 5 nitrogen and oxygen atoms in total. The summed E-state index contributed by atoms with van der Waals surface area (Å²) < 4.78 is 45.7. The van der Waals surface area contributed by atoms with Crippen molar-refractivity contribution in [3.8, 4) is 16.9 Å². The Bertz CT molecular complexity index is 994. The van der Waals surface area contributed by atoms with Gasteiger partial charge in [0.15, 0.2) is 0 Å². The number of ether oxygens (including phenoxy) is 1. The van der Waals surface area contributed by atoms with Crippen molar-refractivity contribution < 1.29 is 22.7 Å². The highest BCUT2D eigenvalue weighted by Gasteiger charge is 2.31. The SMILES string of the molecule is COc1cc(C(F)(F)F)ccc1-c1ccc2ncn(CC(=O)N(C)C)c2c1. The van der Waals surface area contributed by atoms with Crippen LogP contribution >= 0.6 is 0 Å². The Morgan fingerprint density at radius 2 is 1.93 bits per heavy atom. The molecule has 0 aliphatic heterocycles. The molecule has 1 aromatic heterocycles. The summed E-state index contributed by atoms with van der Waals surface area (Å²) in [4.78, 5) is 17.7. The fraction of sp³-hybridized carbons (Fsp3) is 0.263. The van der Waals surface area contributed by atoms with Gasteiger partial charge in [-0.2, -0.15) is 13.2 Å². The van der Waals surface area contributed by atoms with Crippen LogP contribution in [-0.2, 0) is 17.5 Å². The number of nitrogens with zero attached hydrogens (tertiary/aromatic N) is 3. The number of hydrogen-bond acceptors (Lipinski definition) is 3. The highest BCUT2D eigenvalue weighted by molar-refractivity contribution is 5.85. The van der Waals surface area contributed by atoms with Crippen LogP contribution in [0.3, 0.4) is 0 Å². The van der Waals surface area contributed by atoms with Gasteiger partial charge in [0.1, 0.15) is 12.3 Å². The van der Waals surface area contributed by atoms with Crippen LogP contribution in [0.25, 0.3) is 22.2 Å². The molecule has 0 fully saturated rings. The van der Waals surface area contributed by atoms with E-state index in [-0.39, 0.29) is 18.2 Å². The number of benzene rings is 2. The number of likely N-dealkylation sites (N-methyl/N-ethyl adjacent to an activating group) is 1. The molecule has 1 amide bonds. The first kappa shape index (κ1) is 18.8. The Kier molecular flexibility index (Phi) is 4.82. The number of carbonyl (C=O) groups excluding carboxylic acids is 1. The van der Waals surface area contributed by atoms with Crippen LogP contribution in [0.1, 0.15) is 5.56 Å². The molecule has 3 rings (SSSR count). The molecule has 0 aliphatic carbocycles. The standard InChI is InChI=1S/C19H18F3N3O2/c1-24(2)18(26)10-25-11-23-15-7-4-12(8-16(15)25)14-6-5-13(19(20,21)22)9-17(14)27-3/h4-9,11H,10H2,1-3H3. The molecule has 0 saturated heterocycles. The van der Waals surface area contributed by atoms with Gasteiger partial charge in [-0.25, -0.2) is 4.98 Å². The molecule has 0 unspecified atom stereocenters. The molecule has 3 aromatic rings. The highest BCUT2D eigenvalue weighted by atomic mass is 19.4. The number of carbonyl (C=O) groups is 1. The minimum absolute atomic E-state index is 0.0909. The van der Waals surface area contributed by atoms with E-state index >= 15 is 0 Å². The zero-order valence-corrected chi connectivity index (χ0v) is 15.0. The molecule has 0 bridgehead atoms. The lowest BCUT2D eigenvalue weighted by Crippen LogP contribution is -2.25. The molecule has 8 heteroatoms. The molecule has 0 N–H and O–H groups in total. The Labute approximate surface area is 154 Å². The van der Waals surface area contributed by atoms with E-state index in [1.165, 1.54) is 18.1 Å². The van der Waals surface area contributed by atoms with Gasteiger partial charge in [0, 0.05) is 19.7 Å². The second kappa shape index (κ2) is 6.94. The van der Waals surface area contributed by atoms with E-state index in [0.717, 1.165) is 12.1 Å². The van der Waals surface area contributed by atoms with E-state index < -0.39 is 11.7 Å². The van der Waals surface area contributed by atoms with Gasteiger partial charge in [0.05, 0.1) is 30.0 Å². The van der Waals surface area contributed by atoms with Gasteiger partial charge in [0.25, 0.3) is 0 Å². The first-order chi connectivity index (χ1) is 12.7. The summed E-state index contributed by atoms with van der Waals surface area (Å²) in [5, 5.41) is 0. The van der Waals surface area contributed by atoms with E-state index in [0.29, 0.717) is 22.2 Å². The van der Waals surface area contributed by atoms with Crippen molar-refractivity contribution in [3.63, 3.8) is 0 Å². The monoisotopic (exact) mass is 377 g/mol. The number of fused-ring (bicyclic) bond motifs is 1. The number of halogens is 3. The second-order valence-corrected chi connectivity index (χ2v) is 6.28. The summed E-state index contributed by atoms with van der Waals surface area (Å²) in [6.07, 6.45) is -2.87. The number of imidazole rings is 1. The molecule has 142 valence electrons. The van der Waals surface area contributed by atoms with Crippen LogP contribution < -0.4 is 4.74 Å². The molecule has 0 spiro atoms. The number of alkyl halides is 3. The number of hydrogen-bond donors (Lipinski definition) is 0. The van der Waals surface area contributed by atoms with Crippen LogP contribution in [0.4, 0.5) is 13.2 Å². The zero-order chi connectivity index (χ0) is 19.8. The van der Waals surface area contributed by atoms with Crippen LogP contribution in [0, 0.1) is 0 Å². The Balaban J connectivity index is 2.06. The topological polar surface area (TPSA) is 47.4 Å². The van der Waals surface area contributed by atoms with Gasteiger partial charge in [-0.05, 0) is 29.8 Å². The van der Waals surface area contributed by atoms with Crippen LogP contribution in [0.5, 0.6) is 5.75 Å². The smallest absolute Gasteiger partial charge is 0.416 e. The van der Waals surface area contributed by atoms with Gasteiger partial charge >= 0.3 is 6.18 Å². The molecule has 0 radical (unpaired) electrons. The average molecular weight is 377 g/mol. The highest BCUT2D eigenvalue weighted by Crippen LogP contribution is 2.37. The van der Waals surface area contributed by atoms with Gasteiger partial charge in [-0.15, -0.1) is 0 Å². The van der Waals surface area contributed by atoms with Crippen LogP contribution in [0.15, 0.2) is 42.7 Å². The lowest BCUT2D eigenvalue weighted by atomic mass is 10.0. The molecular weight excluding hydrogens is 359 g/mol. The van der Waals surface area contributed by atoms with Gasteiger partial charge in [0.2, 0.25) is 5.91 Å². The van der Waals surface area contributed by atoms with Crippen molar-refractivity contribution >= 4 is 16.9 Å². The maximum absolute atomic E-state index is 12.9. The fourth-order valence-electron chi connectivity index (χ4n) is 2.74. The lowest BCUT2D eigenvalue weighted by Gasteiger charge is -2.14. The van der Waals surface area contributed by atoms with Crippen molar-refractivity contribution in [3.05, 3.63) is 48.3 Å². The Hall–Kier alpha value is -3.03. The van der Waals surface area contributed by atoms with Crippen LogP contribution in [-0.4, -0.2) is 41.6 Å². The largest absolute Gasteiger partial charge is 0.496 e. The lowest BCUT2D eigenvalue weighted by molar-refractivity contribution is -0.137. The number of aromatic nitrogens is 2. The van der Waals surface area contributed by atoms with Crippen molar-refractivity contribution in [1.82, 2.24) is 14.5 Å². The quantitative estimate of drug-likeness (QED) is 0.695. The average Bonchev–Trinajstić information content (AvgIpc) is 3.02. The normalized spacial score (nSPS) is 11.6. The third kappa shape index (κ3) is 3.74. The maximum atomic E-state index is 12.9. The van der Waals surface area contributed by atoms with Crippen molar-refractivity contribution in [1.29, 1.82) is 0 Å². The number of amides is 1. The van der Waals surface area contributed by atoms with E-state index in [2.05, 4.69) is 4.98 Å². The molecule has 1 heterocycles. The molecule has 27 heavy (non-hydrogen) atoms. The molecule has 0 saturated carbocycles. The van der Waals surface area contributed by atoms with Crippen LogP contribution in [0.2, 0.25) is 0 Å². The predicted octanol–water partition coefficient (Wildman–Crippen LogP) is 3.82. The minimum atomic E-state index is -4.44. The summed E-state index contributed by atoms with van der Waals surface area (Å²) in [6, 6.07) is 8.70. The van der Waals surface area contributed by atoms with E-state index in [1.54, 1.807) is 43.2 Å². The Morgan fingerprint density at radius 3 is 2.56 bits per heavy atom. The molecule has 2 aromatic carbocycles. The zero-order valence-electron chi connectivity index (χ0n) is 15.0. The van der Waals surface area contributed by atoms with Gasteiger partial charge < -0.3 is 14.2 Å². The summed E-state index contributed by atoms with van der Waals surface area (Å²) in [5.41, 5.74) is 1.83. The Morgan fingerprint density at radius 1 is 1.19 bits per heavy atom. The predicted molar refractivity (Wildman–Crippen MR) is 95.4 cm³/mol. The summed E-state index contributed by atoms with van der Waals surface area (Å²) in [7, 11) is 4.66. The van der Waals surface area contributed by atoms with E-state index in [1.807, 2.05) is 0 Å². The summed E-state index contributed by atoms with van der Waals surface area (Å²) in [6.45, 7) is 0.122. The summed E-state index contributed by atoms with van der Waals surface area (Å²) in [5.74, 6) is 0.0337. The van der Waals surface area contributed by atoms with E-state index in [4.69, 9.17) is 4.74 Å². The van der Waals surface area contributed by atoms with E-state index in [9.17, 15) is 18.0 Å². The molecule has 0 atom stereocenters. The van der Waals surface area contributed by atoms with Crippen molar-refractivity contribution in [2.45, 2.75) is 12.7 Å². The van der Waals surface area contributed by atoms with Gasteiger partial charge in [-0.3, -0.25) is 4.79 Å². The third-order valence-corrected chi connectivity index (χ3v) is 4.27. The van der Waals surface area contributed by atoms with Gasteiger partial charge in [-0.1, -0.05) is 12.1 Å². The summed E-state index contributed by atoms with van der Waals surface area (Å²) >= 11 is 0.